The van der Waals surface area contributed by atoms with Gasteiger partial charge in [0.1, 0.15) is 0 Å². The van der Waals surface area contributed by atoms with Crippen LogP contribution < -0.4 is 5.32 Å². The van der Waals surface area contributed by atoms with Gasteiger partial charge in [-0.1, -0.05) is 41.4 Å². The first kappa shape index (κ1) is 15.0. The van der Waals surface area contributed by atoms with E-state index in [1.165, 1.54) is 41.4 Å². The van der Waals surface area contributed by atoms with Crippen LogP contribution >= 0.6 is 15.9 Å². The summed E-state index contributed by atoms with van der Waals surface area (Å²) in [6, 6.07) is 6.74. The lowest BCUT2D eigenvalue weighted by atomic mass is 9.85. The summed E-state index contributed by atoms with van der Waals surface area (Å²) >= 11 is 3.71. The van der Waals surface area contributed by atoms with E-state index in [2.05, 4.69) is 58.3 Å². The minimum Gasteiger partial charge on any atom is -0.313 e. The molecule has 1 saturated carbocycles. The molecule has 0 heterocycles. The highest BCUT2D eigenvalue weighted by Crippen LogP contribution is 2.27. The highest BCUT2D eigenvalue weighted by Gasteiger charge is 2.19. The van der Waals surface area contributed by atoms with Crippen LogP contribution in [0.2, 0.25) is 0 Å². The molecule has 1 aliphatic rings. The molecule has 0 bridgehead atoms. The van der Waals surface area contributed by atoms with E-state index in [0.717, 1.165) is 25.6 Å². The van der Waals surface area contributed by atoms with Crippen LogP contribution in [-0.2, 0) is 13.1 Å². The highest BCUT2D eigenvalue weighted by atomic mass is 79.9. The molecule has 0 saturated heterocycles. The fourth-order valence-electron chi connectivity index (χ4n) is 2.57. The van der Waals surface area contributed by atoms with Gasteiger partial charge in [-0.15, -0.1) is 0 Å². The number of nitrogens with one attached hydrogen (secondary N) is 1. The van der Waals surface area contributed by atoms with Gasteiger partial charge >= 0.3 is 0 Å². The molecule has 0 atom stereocenters. The molecular weight excluding hydrogens is 300 g/mol. The van der Waals surface area contributed by atoms with Gasteiger partial charge in [0.2, 0.25) is 0 Å². The van der Waals surface area contributed by atoms with E-state index in [-0.39, 0.29) is 0 Å². The van der Waals surface area contributed by atoms with Crippen molar-refractivity contribution in [2.24, 2.45) is 5.92 Å². The van der Waals surface area contributed by atoms with E-state index in [9.17, 15) is 0 Å². The number of benzene rings is 1. The van der Waals surface area contributed by atoms with E-state index in [1.807, 2.05) is 0 Å². The average Bonchev–Trinajstić information content (AvgIpc) is 2.34. The minimum absolute atomic E-state index is 0.941. The molecule has 0 radical (unpaired) electrons. The smallest absolute Gasteiger partial charge is 0.0242 e. The van der Waals surface area contributed by atoms with Crippen molar-refractivity contribution >= 4 is 15.9 Å². The van der Waals surface area contributed by atoms with Crippen LogP contribution in [0.3, 0.4) is 0 Å². The van der Waals surface area contributed by atoms with Crippen molar-refractivity contribution in [1.82, 2.24) is 10.2 Å². The van der Waals surface area contributed by atoms with Crippen LogP contribution in [-0.4, -0.2) is 25.0 Å². The van der Waals surface area contributed by atoms with Crippen LogP contribution in [0, 0.1) is 5.92 Å². The SMILES string of the molecule is CCNCc1ccc(CN(C)CC2CCC2)c(Br)c1. The predicted octanol–water partition coefficient (Wildman–Crippen LogP) is 3.79. The Labute approximate surface area is 125 Å². The van der Waals surface area contributed by atoms with E-state index in [0.29, 0.717) is 0 Å². The molecule has 106 valence electrons. The lowest BCUT2D eigenvalue weighted by Crippen LogP contribution is -2.29. The van der Waals surface area contributed by atoms with Crippen molar-refractivity contribution in [1.29, 1.82) is 0 Å². The van der Waals surface area contributed by atoms with E-state index in [1.54, 1.807) is 0 Å². The molecule has 0 unspecified atom stereocenters. The summed E-state index contributed by atoms with van der Waals surface area (Å²) in [5.74, 6) is 0.941. The normalized spacial score (nSPS) is 15.8. The van der Waals surface area contributed by atoms with Crippen molar-refractivity contribution < 1.29 is 0 Å². The first-order valence-corrected chi connectivity index (χ1v) is 8.15. The summed E-state index contributed by atoms with van der Waals surface area (Å²) in [5.41, 5.74) is 2.74. The second kappa shape index (κ2) is 7.41. The van der Waals surface area contributed by atoms with Crippen LogP contribution in [0.1, 0.15) is 37.3 Å². The summed E-state index contributed by atoms with van der Waals surface area (Å²) in [6.45, 7) is 6.39. The second-order valence-electron chi connectivity index (χ2n) is 5.70. The van der Waals surface area contributed by atoms with Crippen LogP contribution in [0.5, 0.6) is 0 Å². The summed E-state index contributed by atoms with van der Waals surface area (Å²) in [7, 11) is 2.23. The Balaban J connectivity index is 1.88. The third-order valence-electron chi connectivity index (χ3n) is 3.93. The zero-order chi connectivity index (χ0) is 13.7. The van der Waals surface area contributed by atoms with Crippen molar-refractivity contribution in [3.8, 4) is 0 Å². The standard InChI is InChI=1S/C16H25BrN2/c1-3-18-10-14-7-8-15(16(17)9-14)12-19(2)11-13-5-4-6-13/h7-9,13,18H,3-6,10-12H2,1-2H3. The Morgan fingerprint density at radius 3 is 2.74 bits per heavy atom. The number of hydrogen-bond donors (Lipinski definition) is 1. The zero-order valence-corrected chi connectivity index (χ0v) is 13.7. The monoisotopic (exact) mass is 324 g/mol. The molecular formula is C16H25BrN2. The van der Waals surface area contributed by atoms with Crippen molar-refractivity contribution in [2.75, 3.05) is 20.1 Å². The van der Waals surface area contributed by atoms with Gasteiger partial charge in [-0.05, 0) is 49.5 Å². The fourth-order valence-corrected chi connectivity index (χ4v) is 3.12. The summed E-state index contributed by atoms with van der Waals surface area (Å²) in [6.07, 6.45) is 4.28. The van der Waals surface area contributed by atoms with Gasteiger partial charge in [0.05, 0.1) is 0 Å². The zero-order valence-electron chi connectivity index (χ0n) is 12.1. The van der Waals surface area contributed by atoms with Gasteiger partial charge < -0.3 is 10.2 Å². The van der Waals surface area contributed by atoms with E-state index >= 15 is 0 Å². The third kappa shape index (κ3) is 4.59. The van der Waals surface area contributed by atoms with Gasteiger partial charge in [-0.3, -0.25) is 0 Å². The number of rotatable bonds is 7. The topological polar surface area (TPSA) is 15.3 Å². The Hall–Kier alpha value is -0.380. The summed E-state index contributed by atoms with van der Waals surface area (Å²) in [4.78, 5) is 2.45. The van der Waals surface area contributed by atoms with Crippen molar-refractivity contribution in [3.05, 3.63) is 33.8 Å². The maximum atomic E-state index is 3.71. The lowest BCUT2D eigenvalue weighted by molar-refractivity contribution is 0.200. The van der Waals surface area contributed by atoms with Crippen molar-refractivity contribution in [3.63, 3.8) is 0 Å². The molecule has 1 N–H and O–H groups in total. The molecule has 1 aromatic carbocycles. The fraction of sp³-hybridized carbons (Fsp3) is 0.625. The molecule has 3 heteroatoms. The van der Waals surface area contributed by atoms with E-state index < -0.39 is 0 Å². The quantitative estimate of drug-likeness (QED) is 0.820. The summed E-state index contributed by atoms with van der Waals surface area (Å²) in [5, 5.41) is 3.36. The second-order valence-corrected chi connectivity index (χ2v) is 6.55. The number of hydrogen-bond acceptors (Lipinski definition) is 2. The molecule has 0 amide bonds. The number of nitrogens with zero attached hydrogens (tertiary/aromatic N) is 1. The molecule has 1 aliphatic carbocycles. The first-order chi connectivity index (χ1) is 9.19. The van der Waals surface area contributed by atoms with Crippen LogP contribution in [0.4, 0.5) is 0 Å². The Kier molecular flexibility index (Phi) is 5.86. The van der Waals surface area contributed by atoms with Gasteiger partial charge in [-0.2, -0.15) is 0 Å². The third-order valence-corrected chi connectivity index (χ3v) is 4.67. The molecule has 19 heavy (non-hydrogen) atoms. The largest absolute Gasteiger partial charge is 0.313 e. The summed E-state index contributed by atoms with van der Waals surface area (Å²) < 4.78 is 1.24. The predicted molar refractivity (Wildman–Crippen MR) is 85.2 cm³/mol. The van der Waals surface area contributed by atoms with Crippen LogP contribution in [0.25, 0.3) is 0 Å². The molecule has 1 fully saturated rings. The maximum absolute atomic E-state index is 3.71. The van der Waals surface area contributed by atoms with Crippen molar-refractivity contribution in [2.45, 2.75) is 39.3 Å². The number of halogens is 1. The van der Waals surface area contributed by atoms with Gasteiger partial charge in [0, 0.05) is 24.1 Å². The highest BCUT2D eigenvalue weighted by molar-refractivity contribution is 9.10. The average molecular weight is 325 g/mol. The molecule has 1 aromatic rings. The Bertz CT molecular complexity index is 402. The minimum atomic E-state index is 0.941. The van der Waals surface area contributed by atoms with Gasteiger partial charge in [-0.25, -0.2) is 0 Å². The Morgan fingerprint density at radius 2 is 2.16 bits per heavy atom. The first-order valence-electron chi connectivity index (χ1n) is 7.35. The van der Waals surface area contributed by atoms with Gasteiger partial charge in [0.15, 0.2) is 0 Å². The molecule has 2 rings (SSSR count). The molecule has 0 aromatic heterocycles. The maximum Gasteiger partial charge on any atom is 0.0242 e. The molecule has 2 nitrogen and oxygen atoms in total. The van der Waals surface area contributed by atoms with E-state index in [4.69, 9.17) is 0 Å². The Morgan fingerprint density at radius 1 is 1.37 bits per heavy atom. The van der Waals surface area contributed by atoms with Gasteiger partial charge in [0.25, 0.3) is 0 Å². The van der Waals surface area contributed by atoms with Crippen LogP contribution in [0.15, 0.2) is 22.7 Å². The lowest BCUT2D eigenvalue weighted by Gasteiger charge is -2.30. The molecule has 0 spiro atoms. The molecule has 0 aliphatic heterocycles.